The van der Waals surface area contributed by atoms with Crippen molar-refractivity contribution in [1.82, 2.24) is 0 Å². The average molecular weight is 287 g/mol. The quantitative estimate of drug-likeness (QED) is 0.629. The molecule has 4 aliphatic carbocycles. The van der Waals surface area contributed by atoms with Crippen molar-refractivity contribution in [3.8, 4) is 0 Å². The van der Waals surface area contributed by atoms with Gasteiger partial charge in [-0.3, -0.25) is 10.1 Å². The molecule has 0 N–H and O–H groups in total. The van der Waals surface area contributed by atoms with Crippen molar-refractivity contribution in [2.75, 3.05) is 7.11 Å². The number of ether oxygens (including phenoxy) is 1. The number of rotatable bonds is 3. The molecule has 0 heterocycles. The van der Waals surface area contributed by atoms with E-state index in [-0.39, 0.29) is 16.0 Å². The Labute approximate surface area is 124 Å². The fourth-order valence-electron chi connectivity index (χ4n) is 5.65. The van der Waals surface area contributed by atoms with Gasteiger partial charge in [0.15, 0.2) is 0 Å². The van der Waals surface area contributed by atoms with Crippen LogP contribution in [0.25, 0.3) is 0 Å². The van der Waals surface area contributed by atoms with Crippen molar-refractivity contribution >= 4 is 5.69 Å². The summed E-state index contributed by atoms with van der Waals surface area (Å²) in [6, 6.07) is 7.32. The van der Waals surface area contributed by atoms with Crippen LogP contribution in [-0.4, -0.2) is 18.1 Å². The smallest absolute Gasteiger partial charge is 0.269 e. The van der Waals surface area contributed by atoms with E-state index in [0.717, 1.165) is 5.92 Å². The Morgan fingerprint density at radius 1 is 1.14 bits per heavy atom. The van der Waals surface area contributed by atoms with Crippen LogP contribution in [0.5, 0.6) is 0 Å². The predicted molar refractivity (Wildman–Crippen MR) is 79.1 cm³/mol. The summed E-state index contributed by atoms with van der Waals surface area (Å²) in [5.74, 6) is 2.18. The maximum Gasteiger partial charge on any atom is 0.269 e. The topological polar surface area (TPSA) is 52.4 Å². The Balaban J connectivity index is 1.67. The van der Waals surface area contributed by atoms with Gasteiger partial charge in [-0.15, -0.1) is 0 Å². The summed E-state index contributed by atoms with van der Waals surface area (Å²) in [6.07, 6.45) is 6.70. The fraction of sp³-hybridized carbons (Fsp3) is 0.647. The van der Waals surface area contributed by atoms with Crippen LogP contribution in [0.4, 0.5) is 5.69 Å². The van der Waals surface area contributed by atoms with Crippen LogP contribution < -0.4 is 0 Å². The van der Waals surface area contributed by atoms with Crippen LogP contribution >= 0.6 is 0 Å². The van der Waals surface area contributed by atoms with Gasteiger partial charge in [0, 0.05) is 19.2 Å². The molecule has 1 aromatic rings. The van der Waals surface area contributed by atoms with Gasteiger partial charge in [0.2, 0.25) is 0 Å². The fourth-order valence-corrected chi connectivity index (χ4v) is 5.65. The number of hydrogen-bond donors (Lipinski definition) is 0. The molecule has 112 valence electrons. The standard InChI is InChI=1S/C17H21NO3/c1-21-16-12-6-11-7-13(16)10-17(8-11,9-12)14-2-4-15(5-3-14)18(19)20/h2-5,11-13,16H,6-10H2,1H3/t11?,12-,13+,16?,17?. The highest BCUT2D eigenvalue weighted by atomic mass is 16.6. The third-order valence-corrected chi connectivity index (χ3v) is 6.15. The average Bonchev–Trinajstić information content (AvgIpc) is 2.46. The second-order valence-electron chi connectivity index (χ2n) is 7.25. The van der Waals surface area contributed by atoms with E-state index >= 15 is 0 Å². The van der Waals surface area contributed by atoms with Crippen molar-refractivity contribution in [2.24, 2.45) is 17.8 Å². The van der Waals surface area contributed by atoms with Gasteiger partial charge in [-0.2, -0.15) is 0 Å². The first-order chi connectivity index (χ1) is 10.1. The molecule has 5 rings (SSSR count). The molecule has 4 aliphatic rings. The summed E-state index contributed by atoms with van der Waals surface area (Å²) in [6.45, 7) is 0. The molecule has 0 saturated heterocycles. The number of nitro benzene ring substituents is 1. The molecule has 0 spiro atoms. The molecule has 4 nitrogen and oxygen atoms in total. The lowest BCUT2D eigenvalue weighted by Gasteiger charge is -2.59. The van der Waals surface area contributed by atoms with Crippen LogP contribution in [0, 0.1) is 27.9 Å². The lowest BCUT2D eigenvalue weighted by atomic mass is 9.47. The summed E-state index contributed by atoms with van der Waals surface area (Å²) in [4.78, 5) is 10.5. The van der Waals surface area contributed by atoms with Crippen molar-refractivity contribution in [3.63, 3.8) is 0 Å². The van der Waals surface area contributed by atoms with Gasteiger partial charge in [0.25, 0.3) is 5.69 Å². The zero-order chi connectivity index (χ0) is 14.6. The van der Waals surface area contributed by atoms with Crippen molar-refractivity contribution in [2.45, 2.75) is 43.6 Å². The van der Waals surface area contributed by atoms with Crippen LogP contribution in [0.2, 0.25) is 0 Å². The Morgan fingerprint density at radius 2 is 1.76 bits per heavy atom. The Kier molecular flexibility index (Phi) is 2.86. The third-order valence-electron chi connectivity index (χ3n) is 6.15. The van der Waals surface area contributed by atoms with Gasteiger partial charge in [-0.25, -0.2) is 0 Å². The lowest BCUT2D eigenvalue weighted by molar-refractivity contribution is -0.384. The third kappa shape index (κ3) is 1.92. The normalized spacial score (nSPS) is 40.4. The van der Waals surface area contributed by atoms with Gasteiger partial charge in [0.1, 0.15) is 0 Å². The molecule has 4 bridgehead atoms. The number of nitrogens with zero attached hydrogens (tertiary/aromatic N) is 1. The monoisotopic (exact) mass is 287 g/mol. The zero-order valence-corrected chi connectivity index (χ0v) is 12.3. The molecule has 1 aromatic carbocycles. The van der Waals surface area contributed by atoms with Gasteiger partial charge in [-0.05, 0) is 60.8 Å². The van der Waals surface area contributed by atoms with E-state index in [2.05, 4.69) is 0 Å². The molecule has 4 fully saturated rings. The summed E-state index contributed by atoms with van der Waals surface area (Å²) in [7, 11) is 1.85. The molecule has 0 amide bonds. The highest BCUT2D eigenvalue weighted by molar-refractivity contribution is 5.38. The van der Waals surface area contributed by atoms with Crippen molar-refractivity contribution < 1.29 is 9.66 Å². The van der Waals surface area contributed by atoms with Gasteiger partial charge in [0.05, 0.1) is 11.0 Å². The molecule has 4 saturated carbocycles. The van der Waals surface area contributed by atoms with Crippen LogP contribution in [-0.2, 0) is 10.2 Å². The Morgan fingerprint density at radius 3 is 2.29 bits per heavy atom. The van der Waals surface area contributed by atoms with Gasteiger partial charge in [-0.1, -0.05) is 12.1 Å². The molecule has 3 unspecified atom stereocenters. The zero-order valence-electron chi connectivity index (χ0n) is 12.3. The minimum absolute atomic E-state index is 0.193. The maximum absolute atomic E-state index is 10.8. The van der Waals surface area contributed by atoms with Gasteiger partial charge < -0.3 is 4.74 Å². The number of non-ortho nitro benzene ring substituents is 1. The molecule has 0 aliphatic heterocycles. The molecule has 21 heavy (non-hydrogen) atoms. The van der Waals surface area contributed by atoms with E-state index in [4.69, 9.17) is 4.74 Å². The van der Waals surface area contributed by atoms with Crippen molar-refractivity contribution in [3.05, 3.63) is 39.9 Å². The Hall–Kier alpha value is -1.42. The maximum atomic E-state index is 10.8. The minimum Gasteiger partial charge on any atom is -0.381 e. The summed E-state index contributed by atoms with van der Waals surface area (Å²) in [5, 5.41) is 10.8. The molecule has 0 aromatic heterocycles. The largest absolute Gasteiger partial charge is 0.381 e. The molecular weight excluding hydrogens is 266 g/mol. The first-order valence-corrected chi connectivity index (χ1v) is 7.89. The predicted octanol–water partition coefficient (Wildman–Crippen LogP) is 3.69. The highest BCUT2D eigenvalue weighted by Gasteiger charge is 2.56. The lowest BCUT2D eigenvalue weighted by Crippen LogP contribution is -2.55. The first-order valence-electron chi connectivity index (χ1n) is 7.89. The summed E-state index contributed by atoms with van der Waals surface area (Å²) in [5.41, 5.74) is 1.75. The SMILES string of the molecule is COC1[C@@H]2CC3C[C@H]1CC(c1ccc([N+](=O)[O-])cc1)(C3)C2. The minimum atomic E-state index is -0.315. The van der Waals surface area contributed by atoms with E-state index in [0.29, 0.717) is 17.9 Å². The molecule has 0 radical (unpaired) electrons. The van der Waals surface area contributed by atoms with Crippen LogP contribution in [0.1, 0.15) is 37.7 Å². The summed E-state index contributed by atoms with van der Waals surface area (Å²) < 4.78 is 5.77. The molecular formula is C17H21NO3. The Bertz CT molecular complexity index is 552. The molecule has 5 atom stereocenters. The number of benzene rings is 1. The van der Waals surface area contributed by atoms with E-state index in [1.165, 1.54) is 37.7 Å². The van der Waals surface area contributed by atoms with Gasteiger partial charge >= 0.3 is 0 Å². The van der Waals surface area contributed by atoms with E-state index in [1.807, 2.05) is 19.2 Å². The molecule has 4 heteroatoms. The second kappa shape index (κ2) is 4.54. The number of nitro groups is 1. The first kappa shape index (κ1) is 13.3. The van der Waals surface area contributed by atoms with Crippen molar-refractivity contribution in [1.29, 1.82) is 0 Å². The second-order valence-corrected chi connectivity index (χ2v) is 7.25. The number of methoxy groups -OCH3 is 1. The van der Waals surface area contributed by atoms with Crippen LogP contribution in [0.3, 0.4) is 0 Å². The van der Waals surface area contributed by atoms with E-state index < -0.39 is 0 Å². The van der Waals surface area contributed by atoms with E-state index in [1.54, 1.807) is 12.1 Å². The van der Waals surface area contributed by atoms with E-state index in [9.17, 15) is 10.1 Å². The van der Waals surface area contributed by atoms with Crippen LogP contribution in [0.15, 0.2) is 24.3 Å². The highest BCUT2D eigenvalue weighted by Crippen LogP contribution is 2.61. The number of hydrogen-bond acceptors (Lipinski definition) is 3. The summed E-state index contributed by atoms with van der Waals surface area (Å²) >= 11 is 0.